The molecule has 3 N–H and O–H groups in total. The first-order chi connectivity index (χ1) is 15.5. The number of aliphatic imine (C=N–C) groups is 1. The van der Waals surface area contributed by atoms with Gasteiger partial charge in [0.15, 0.2) is 6.29 Å². The summed E-state index contributed by atoms with van der Waals surface area (Å²) < 4.78 is 0. The van der Waals surface area contributed by atoms with Gasteiger partial charge in [-0.05, 0) is 75.2 Å². The van der Waals surface area contributed by atoms with Gasteiger partial charge < -0.3 is 5.32 Å². The van der Waals surface area contributed by atoms with Crippen LogP contribution < -0.4 is 16.0 Å². The van der Waals surface area contributed by atoms with Crippen molar-refractivity contribution in [3.05, 3.63) is 23.4 Å². The van der Waals surface area contributed by atoms with E-state index in [0.29, 0.717) is 5.92 Å². The highest BCUT2D eigenvalue weighted by molar-refractivity contribution is 6.02. The molecule has 7 unspecified atom stereocenters. The van der Waals surface area contributed by atoms with Crippen molar-refractivity contribution in [2.45, 2.75) is 98.2 Å². The Morgan fingerprint density at radius 3 is 2.62 bits per heavy atom. The average molecular weight is 441 g/mol. The molecule has 7 atom stereocenters. The molecule has 2 aliphatic carbocycles. The van der Waals surface area contributed by atoms with E-state index in [9.17, 15) is 0 Å². The Labute approximate surface area is 197 Å². The predicted octanol–water partition coefficient (Wildman–Crippen LogP) is 5.98. The molecule has 2 saturated carbocycles. The van der Waals surface area contributed by atoms with Gasteiger partial charge >= 0.3 is 0 Å². The maximum absolute atomic E-state index is 5.00. The third-order valence-corrected chi connectivity index (χ3v) is 9.25. The van der Waals surface area contributed by atoms with Gasteiger partial charge in [-0.3, -0.25) is 10.6 Å². The highest BCUT2D eigenvalue weighted by Gasteiger charge is 2.36. The molecule has 0 aromatic heterocycles. The summed E-state index contributed by atoms with van der Waals surface area (Å²) in [5.41, 5.74) is 4.04. The van der Waals surface area contributed by atoms with Crippen LogP contribution in [0.25, 0.3) is 0 Å². The van der Waals surface area contributed by atoms with E-state index in [4.69, 9.17) is 4.99 Å². The molecule has 0 aromatic carbocycles. The standard InChI is InChI=1S/C28H48N4/c1-6-22-12-11-21(16-23(22)7-2)13-14-29-28-30-17-25-19(4)26(20(5)31-27(25)32-28)24-10-8-9-18(3)15-24/h18,21-24,26,28-30H,5-17H2,1-4H3,(H,31,32). The van der Waals surface area contributed by atoms with Crippen molar-refractivity contribution in [3.8, 4) is 0 Å². The average Bonchev–Trinajstić information content (AvgIpc) is 2.79. The van der Waals surface area contributed by atoms with E-state index in [2.05, 4.69) is 50.2 Å². The Balaban J connectivity index is 1.32. The first-order valence-corrected chi connectivity index (χ1v) is 13.7. The highest BCUT2D eigenvalue weighted by atomic mass is 15.3. The molecule has 0 saturated heterocycles. The van der Waals surface area contributed by atoms with Crippen molar-refractivity contribution in [1.29, 1.82) is 0 Å². The number of nitrogens with zero attached hydrogens (tertiary/aromatic N) is 1. The van der Waals surface area contributed by atoms with Crippen LogP contribution in [0.2, 0.25) is 0 Å². The summed E-state index contributed by atoms with van der Waals surface area (Å²) in [6, 6.07) is 0. The van der Waals surface area contributed by atoms with Crippen molar-refractivity contribution in [1.82, 2.24) is 16.0 Å². The number of allylic oxidation sites excluding steroid dienone is 1. The van der Waals surface area contributed by atoms with E-state index < -0.39 is 0 Å². The molecule has 2 heterocycles. The van der Waals surface area contributed by atoms with Crippen LogP contribution in [0.5, 0.6) is 0 Å². The third-order valence-electron chi connectivity index (χ3n) is 9.25. The summed E-state index contributed by atoms with van der Waals surface area (Å²) in [4.78, 5) is 5.00. The van der Waals surface area contributed by atoms with Crippen molar-refractivity contribution in [3.63, 3.8) is 0 Å². The fourth-order valence-electron chi connectivity index (χ4n) is 7.34. The molecule has 4 rings (SSSR count). The zero-order valence-corrected chi connectivity index (χ0v) is 21.2. The molecule has 0 aromatic rings. The Hall–Kier alpha value is -1.13. The Morgan fingerprint density at radius 2 is 1.88 bits per heavy atom. The molecule has 0 spiro atoms. The molecule has 4 nitrogen and oxygen atoms in total. The lowest BCUT2D eigenvalue weighted by molar-refractivity contribution is 0.162. The Morgan fingerprint density at radius 1 is 1.06 bits per heavy atom. The van der Waals surface area contributed by atoms with Crippen molar-refractivity contribution in [2.24, 2.45) is 40.5 Å². The molecule has 2 fully saturated rings. The zero-order valence-electron chi connectivity index (χ0n) is 21.2. The smallest absolute Gasteiger partial charge is 0.156 e. The Bertz CT molecular complexity index is 723. The lowest BCUT2D eigenvalue weighted by Crippen LogP contribution is -2.52. The van der Waals surface area contributed by atoms with Gasteiger partial charge in [0.25, 0.3) is 0 Å². The number of rotatable bonds is 7. The van der Waals surface area contributed by atoms with Crippen LogP contribution in [-0.2, 0) is 0 Å². The second-order valence-electron chi connectivity index (χ2n) is 11.3. The van der Waals surface area contributed by atoms with Crippen LogP contribution in [0.1, 0.15) is 91.9 Å². The minimum atomic E-state index is 0.0158. The van der Waals surface area contributed by atoms with Crippen LogP contribution >= 0.6 is 0 Å². The molecule has 0 radical (unpaired) electrons. The van der Waals surface area contributed by atoms with Crippen LogP contribution in [0.15, 0.2) is 28.4 Å². The second-order valence-corrected chi connectivity index (χ2v) is 11.3. The van der Waals surface area contributed by atoms with Crippen molar-refractivity contribution in [2.75, 3.05) is 13.1 Å². The summed E-state index contributed by atoms with van der Waals surface area (Å²) in [7, 11) is 0. The predicted molar refractivity (Wildman–Crippen MR) is 136 cm³/mol. The van der Waals surface area contributed by atoms with E-state index in [0.717, 1.165) is 48.5 Å². The van der Waals surface area contributed by atoms with Gasteiger partial charge in [-0.25, -0.2) is 4.99 Å². The minimum Gasteiger partial charge on any atom is -0.344 e. The number of hydrogen-bond donors (Lipinski definition) is 3. The summed E-state index contributed by atoms with van der Waals surface area (Å²) in [6.07, 6.45) is 13.7. The molecular formula is C28H48N4. The zero-order chi connectivity index (χ0) is 22.7. The maximum Gasteiger partial charge on any atom is 0.156 e. The number of hydrogen-bond acceptors (Lipinski definition) is 4. The van der Waals surface area contributed by atoms with Crippen molar-refractivity contribution >= 4 is 5.84 Å². The van der Waals surface area contributed by atoms with Gasteiger partial charge in [0.2, 0.25) is 0 Å². The van der Waals surface area contributed by atoms with E-state index >= 15 is 0 Å². The molecule has 32 heavy (non-hydrogen) atoms. The molecule has 2 aliphatic heterocycles. The van der Waals surface area contributed by atoms with E-state index in [1.165, 1.54) is 81.1 Å². The lowest BCUT2D eigenvalue weighted by atomic mass is 9.70. The number of amidine groups is 1. The molecule has 180 valence electrons. The van der Waals surface area contributed by atoms with E-state index in [-0.39, 0.29) is 6.29 Å². The first kappa shape index (κ1) is 24.0. The van der Waals surface area contributed by atoms with Crippen LogP contribution in [0.4, 0.5) is 0 Å². The van der Waals surface area contributed by atoms with Gasteiger partial charge in [0, 0.05) is 23.7 Å². The molecule has 0 amide bonds. The largest absolute Gasteiger partial charge is 0.344 e. The maximum atomic E-state index is 5.00. The minimum absolute atomic E-state index is 0.0158. The fraction of sp³-hybridized carbons (Fsp3) is 0.821. The normalized spacial score (nSPS) is 38.2. The highest BCUT2D eigenvalue weighted by Crippen LogP contribution is 2.42. The van der Waals surface area contributed by atoms with Gasteiger partial charge in [-0.2, -0.15) is 0 Å². The van der Waals surface area contributed by atoms with Crippen LogP contribution in [0, 0.1) is 35.5 Å². The molecular weight excluding hydrogens is 392 g/mol. The van der Waals surface area contributed by atoms with Crippen LogP contribution in [-0.4, -0.2) is 25.2 Å². The lowest BCUT2D eigenvalue weighted by Gasteiger charge is -2.41. The summed E-state index contributed by atoms with van der Waals surface area (Å²) in [6.45, 7) is 15.9. The summed E-state index contributed by atoms with van der Waals surface area (Å²) in [5, 5.41) is 10.9. The molecule has 4 aliphatic rings. The number of fused-ring (bicyclic) bond motifs is 1. The van der Waals surface area contributed by atoms with Gasteiger partial charge in [-0.15, -0.1) is 0 Å². The van der Waals surface area contributed by atoms with Gasteiger partial charge in [0.1, 0.15) is 5.84 Å². The quantitative estimate of drug-likeness (QED) is 0.456. The van der Waals surface area contributed by atoms with E-state index in [1.54, 1.807) is 0 Å². The summed E-state index contributed by atoms with van der Waals surface area (Å²) >= 11 is 0. The van der Waals surface area contributed by atoms with Crippen LogP contribution in [0.3, 0.4) is 0 Å². The Kier molecular flexibility index (Phi) is 8.15. The third kappa shape index (κ3) is 5.33. The number of nitrogens with one attached hydrogen (secondary N) is 3. The van der Waals surface area contributed by atoms with Crippen molar-refractivity contribution < 1.29 is 0 Å². The summed E-state index contributed by atoms with van der Waals surface area (Å²) in [5.74, 6) is 5.90. The SMILES string of the molecule is C=C1NC2=NC(NCCC3CCC(CC)C(CC)C3)NCC2=C(C)C1C1CCCC(C)C1. The fourth-order valence-corrected chi connectivity index (χ4v) is 7.34. The molecule has 0 bridgehead atoms. The molecule has 4 heteroatoms. The second kappa shape index (κ2) is 10.9. The first-order valence-electron chi connectivity index (χ1n) is 13.7. The topological polar surface area (TPSA) is 48.5 Å². The monoisotopic (exact) mass is 440 g/mol. The van der Waals surface area contributed by atoms with E-state index in [1.807, 2.05) is 0 Å². The van der Waals surface area contributed by atoms with Gasteiger partial charge in [0.05, 0.1) is 0 Å². The van der Waals surface area contributed by atoms with Gasteiger partial charge in [-0.1, -0.05) is 65.0 Å².